The van der Waals surface area contributed by atoms with Gasteiger partial charge in [0.2, 0.25) is 0 Å². The van der Waals surface area contributed by atoms with Crippen molar-refractivity contribution < 1.29 is 0 Å². The number of nitrogens with zero attached hydrogens (tertiary/aromatic N) is 1. The lowest BCUT2D eigenvalue weighted by atomic mass is 9.95. The van der Waals surface area contributed by atoms with Gasteiger partial charge in [-0.15, -0.1) is 0 Å². The van der Waals surface area contributed by atoms with Crippen molar-refractivity contribution in [2.24, 2.45) is 0 Å². The molecule has 0 aliphatic carbocycles. The van der Waals surface area contributed by atoms with Gasteiger partial charge in [-0.3, -0.25) is 4.90 Å². The number of unbranched alkanes of at least 4 members (excludes halogenated alkanes) is 1. The molecule has 0 amide bonds. The summed E-state index contributed by atoms with van der Waals surface area (Å²) in [5, 5.41) is 0. The van der Waals surface area contributed by atoms with Gasteiger partial charge in [0.05, 0.1) is 0 Å². The molecule has 1 heterocycles. The molecule has 2 rings (SSSR count). The van der Waals surface area contributed by atoms with Crippen LogP contribution in [-0.4, -0.2) is 17.5 Å². The maximum absolute atomic E-state index is 2.62. The highest BCUT2D eigenvalue weighted by Gasteiger charge is 2.21. The van der Waals surface area contributed by atoms with Crippen molar-refractivity contribution >= 4 is 0 Å². The lowest BCUT2D eigenvalue weighted by Gasteiger charge is -2.34. The van der Waals surface area contributed by atoms with Gasteiger partial charge in [0.25, 0.3) is 0 Å². The van der Waals surface area contributed by atoms with Crippen LogP contribution in [0.3, 0.4) is 0 Å². The number of fused-ring (bicyclic) bond motifs is 1. The van der Waals surface area contributed by atoms with Gasteiger partial charge in [0, 0.05) is 12.6 Å². The van der Waals surface area contributed by atoms with E-state index in [9.17, 15) is 0 Å². The summed E-state index contributed by atoms with van der Waals surface area (Å²) in [5.41, 5.74) is 3.09. The molecule has 15 heavy (non-hydrogen) atoms. The minimum atomic E-state index is 0.714. The van der Waals surface area contributed by atoms with Gasteiger partial charge in [-0.05, 0) is 37.4 Å². The zero-order chi connectivity index (χ0) is 10.7. The van der Waals surface area contributed by atoms with Crippen LogP contribution in [0.2, 0.25) is 0 Å². The monoisotopic (exact) mass is 203 g/mol. The Kier molecular flexibility index (Phi) is 3.42. The van der Waals surface area contributed by atoms with Crippen LogP contribution in [0.4, 0.5) is 0 Å². The fraction of sp³-hybridized carbons (Fsp3) is 0.571. The summed E-state index contributed by atoms with van der Waals surface area (Å²) in [6.07, 6.45) is 3.84. The van der Waals surface area contributed by atoms with Crippen LogP contribution in [0.15, 0.2) is 24.3 Å². The average Bonchev–Trinajstić information content (AvgIpc) is 2.26. The van der Waals surface area contributed by atoms with Crippen molar-refractivity contribution in [3.63, 3.8) is 0 Å². The molecule has 1 aliphatic heterocycles. The van der Waals surface area contributed by atoms with Crippen molar-refractivity contribution in [3.05, 3.63) is 35.4 Å². The molecule has 1 aromatic rings. The molecule has 1 atom stereocenters. The quantitative estimate of drug-likeness (QED) is 0.729. The number of rotatable bonds is 3. The molecule has 0 radical (unpaired) electrons. The fourth-order valence-electron chi connectivity index (χ4n) is 2.39. The third-order valence-corrected chi connectivity index (χ3v) is 3.43. The predicted molar refractivity (Wildman–Crippen MR) is 64.9 cm³/mol. The first kappa shape index (κ1) is 10.7. The molecule has 1 heteroatoms. The Morgan fingerprint density at radius 2 is 2.00 bits per heavy atom. The van der Waals surface area contributed by atoms with Crippen LogP contribution in [0, 0.1) is 0 Å². The Labute approximate surface area is 93.1 Å². The molecular weight excluding hydrogens is 182 g/mol. The smallest absolute Gasteiger partial charge is 0.0239 e. The second kappa shape index (κ2) is 4.80. The molecule has 0 saturated heterocycles. The maximum atomic E-state index is 2.62. The van der Waals surface area contributed by atoms with E-state index < -0.39 is 0 Å². The predicted octanol–water partition coefficient (Wildman–Crippen LogP) is 3.23. The van der Waals surface area contributed by atoms with Crippen LogP contribution in [0.5, 0.6) is 0 Å². The van der Waals surface area contributed by atoms with Gasteiger partial charge in [-0.1, -0.05) is 37.6 Å². The zero-order valence-electron chi connectivity index (χ0n) is 9.87. The molecule has 0 bridgehead atoms. The first-order valence-electron chi connectivity index (χ1n) is 6.12. The van der Waals surface area contributed by atoms with Gasteiger partial charge in [0.1, 0.15) is 0 Å². The van der Waals surface area contributed by atoms with E-state index in [1.807, 2.05) is 0 Å². The highest BCUT2D eigenvalue weighted by atomic mass is 15.2. The third kappa shape index (κ3) is 2.40. The van der Waals surface area contributed by atoms with Gasteiger partial charge in [-0.25, -0.2) is 0 Å². The Morgan fingerprint density at radius 3 is 2.73 bits per heavy atom. The lowest BCUT2D eigenvalue weighted by Crippen LogP contribution is -2.38. The summed E-state index contributed by atoms with van der Waals surface area (Å²) >= 11 is 0. The fourth-order valence-corrected chi connectivity index (χ4v) is 2.39. The molecule has 1 nitrogen and oxygen atoms in total. The van der Waals surface area contributed by atoms with Crippen molar-refractivity contribution in [2.45, 2.75) is 45.7 Å². The van der Waals surface area contributed by atoms with Crippen LogP contribution in [0.25, 0.3) is 0 Å². The van der Waals surface area contributed by atoms with Gasteiger partial charge in [0.15, 0.2) is 0 Å². The molecule has 82 valence electrons. The lowest BCUT2D eigenvalue weighted by molar-refractivity contribution is 0.181. The normalized spacial score (nSPS) is 21.3. The summed E-state index contributed by atoms with van der Waals surface area (Å²) in [6, 6.07) is 9.59. The molecule has 1 aromatic carbocycles. The van der Waals surface area contributed by atoms with E-state index >= 15 is 0 Å². The third-order valence-electron chi connectivity index (χ3n) is 3.43. The van der Waals surface area contributed by atoms with Gasteiger partial charge < -0.3 is 0 Å². The first-order chi connectivity index (χ1) is 7.31. The summed E-state index contributed by atoms with van der Waals surface area (Å²) in [4.78, 5) is 2.62. The molecule has 0 aromatic heterocycles. The Bertz CT molecular complexity index is 319. The van der Waals surface area contributed by atoms with Crippen LogP contribution < -0.4 is 0 Å². The molecule has 0 N–H and O–H groups in total. The molecular formula is C14H21N. The van der Waals surface area contributed by atoms with Gasteiger partial charge in [-0.2, -0.15) is 0 Å². The van der Waals surface area contributed by atoms with Crippen molar-refractivity contribution in [1.82, 2.24) is 4.90 Å². The summed E-state index contributed by atoms with van der Waals surface area (Å²) in [6.45, 7) is 7.03. The minimum Gasteiger partial charge on any atom is -0.296 e. The van der Waals surface area contributed by atoms with Crippen molar-refractivity contribution in [3.8, 4) is 0 Å². The summed E-state index contributed by atoms with van der Waals surface area (Å²) in [5.74, 6) is 0. The minimum absolute atomic E-state index is 0.714. The number of hydrogen-bond acceptors (Lipinski definition) is 1. The zero-order valence-corrected chi connectivity index (χ0v) is 9.87. The van der Waals surface area contributed by atoms with Crippen molar-refractivity contribution in [1.29, 1.82) is 0 Å². The highest BCUT2D eigenvalue weighted by Crippen LogP contribution is 2.22. The SMILES string of the molecule is CCCCN1Cc2ccccc2CC1C. The number of benzene rings is 1. The molecule has 0 fully saturated rings. The van der Waals surface area contributed by atoms with E-state index in [1.165, 1.54) is 31.4 Å². The standard InChI is InChI=1S/C14H21N/c1-3-4-9-15-11-14-8-6-5-7-13(14)10-12(15)2/h5-8,12H,3-4,9-11H2,1-2H3. The van der Waals surface area contributed by atoms with E-state index in [-0.39, 0.29) is 0 Å². The largest absolute Gasteiger partial charge is 0.296 e. The van der Waals surface area contributed by atoms with Crippen molar-refractivity contribution in [2.75, 3.05) is 6.54 Å². The van der Waals surface area contributed by atoms with E-state index in [0.29, 0.717) is 6.04 Å². The van der Waals surface area contributed by atoms with Gasteiger partial charge >= 0.3 is 0 Å². The van der Waals surface area contributed by atoms with Crippen LogP contribution >= 0.6 is 0 Å². The Hall–Kier alpha value is -0.820. The molecule has 1 aliphatic rings. The average molecular weight is 203 g/mol. The summed E-state index contributed by atoms with van der Waals surface area (Å²) in [7, 11) is 0. The Balaban J connectivity index is 2.08. The van der Waals surface area contributed by atoms with Crippen LogP contribution in [0.1, 0.15) is 37.8 Å². The number of hydrogen-bond donors (Lipinski definition) is 0. The topological polar surface area (TPSA) is 3.24 Å². The van der Waals surface area contributed by atoms with E-state index in [0.717, 1.165) is 6.54 Å². The molecule has 0 spiro atoms. The van der Waals surface area contributed by atoms with E-state index in [4.69, 9.17) is 0 Å². The Morgan fingerprint density at radius 1 is 1.27 bits per heavy atom. The highest BCUT2D eigenvalue weighted by molar-refractivity contribution is 5.29. The van der Waals surface area contributed by atoms with E-state index in [2.05, 4.69) is 43.0 Å². The second-order valence-corrected chi connectivity index (χ2v) is 4.65. The molecule has 1 unspecified atom stereocenters. The van der Waals surface area contributed by atoms with E-state index in [1.54, 1.807) is 5.56 Å². The maximum Gasteiger partial charge on any atom is 0.0239 e. The second-order valence-electron chi connectivity index (χ2n) is 4.65. The molecule has 0 saturated carbocycles. The van der Waals surface area contributed by atoms with Crippen LogP contribution in [-0.2, 0) is 13.0 Å². The first-order valence-corrected chi connectivity index (χ1v) is 6.12. The summed E-state index contributed by atoms with van der Waals surface area (Å²) < 4.78 is 0.